The van der Waals surface area contributed by atoms with Gasteiger partial charge < -0.3 is 11.5 Å². The van der Waals surface area contributed by atoms with Crippen LogP contribution in [0.5, 0.6) is 0 Å². The van der Waals surface area contributed by atoms with E-state index in [1.165, 1.54) is 0 Å². The van der Waals surface area contributed by atoms with E-state index in [-0.39, 0.29) is 16.1 Å². The molecule has 12 heavy (non-hydrogen) atoms. The van der Waals surface area contributed by atoms with Crippen LogP contribution in [0.1, 0.15) is 0 Å². The average molecular weight is 187 g/mol. The lowest BCUT2D eigenvalue weighted by atomic mass is 10.6. The topological polar surface area (TPSA) is 102 Å². The Bertz CT molecular complexity index is 315. The van der Waals surface area contributed by atoms with Gasteiger partial charge in [-0.3, -0.25) is 5.41 Å². The van der Waals surface area contributed by atoms with Gasteiger partial charge in [0.2, 0.25) is 0 Å². The second-order valence-corrected chi connectivity index (χ2v) is 2.86. The average Bonchev–Trinajstić information content (AvgIpc) is 1.96. The molecule has 1 heterocycles. The van der Waals surface area contributed by atoms with E-state index in [1.54, 1.807) is 0 Å². The number of thioether (sulfide) groups is 1. The molecule has 1 aromatic heterocycles. The van der Waals surface area contributed by atoms with E-state index in [9.17, 15) is 4.39 Å². The molecule has 0 fully saturated rings. The van der Waals surface area contributed by atoms with Gasteiger partial charge in [0.1, 0.15) is 0 Å². The highest BCUT2D eigenvalue weighted by Gasteiger charge is 2.04. The van der Waals surface area contributed by atoms with Crippen molar-refractivity contribution in [3.63, 3.8) is 0 Å². The van der Waals surface area contributed by atoms with Crippen LogP contribution in [0.2, 0.25) is 0 Å². The number of anilines is 1. The van der Waals surface area contributed by atoms with E-state index in [0.29, 0.717) is 0 Å². The maximum atomic E-state index is 12.5. The van der Waals surface area contributed by atoms with E-state index < -0.39 is 5.82 Å². The Morgan fingerprint density at radius 2 is 2.33 bits per heavy atom. The molecular weight excluding hydrogens is 181 g/mol. The Balaban J connectivity index is 2.89. The lowest BCUT2D eigenvalue weighted by Gasteiger charge is -1.98. The molecule has 0 unspecified atom stereocenters. The number of amidine groups is 1. The van der Waals surface area contributed by atoms with Crippen LogP contribution in [0, 0.1) is 11.2 Å². The molecular formula is C5H6FN5S. The van der Waals surface area contributed by atoms with Gasteiger partial charge in [-0.2, -0.15) is 0 Å². The fourth-order valence-corrected chi connectivity index (χ4v) is 0.957. The first-order valence-corrected chi connectivity index (χ1v) is 3.71. The lowest BCUT2D eigenvalue weighted by Crippen LogP contribution is -2.06. The van der Waals surface area contributed by atoms with Gasteiger partial charge in [-0.15, -0.1) is 0 Å². The van der Waals surface area contributed by atoms with Gasteiger partial charge in [-0.1, -0.05) is 0 Å². The highest BCUT2D eigenvalue weighted by molar-refractivity contribution is 8.13. The molecule has 1 aromatic rings. The van der Waals surface area contributed by atoms with E-state index in [4.69, 9.17) is 16.9 Å². The van der Waals surface area contributed by atoms with Crippen LogP contribution in [0.25, 0.3) is 0 Å². The molecule has 0 aromatic carbocycles. The van der Waals surface area contributed by atoms with Crippen LogP contribution >= 0.6 is 11.8 Å². The molecule has 0 radical (unpaired) electrons. The quantitative estimate of drug-likeness (QED) is 0.252. The normalized spacial score (nSPS) is 9.75. The van der Waals surface area contributed by atoms with Crippen molar-refractivity contribution in [3.8, 4) is 0 Å². The zero-order chi connectivity index (χ0) is 9.14. The Morgan fingerprint density at radius 3 is 2.83 bits per heavy atom. The number of nitrogens with one attached hydrogen (secondary N) is 1. The monoisotopic (exact) mass is 187 g/mol. The number of aromatic nitrogens is 2. The fourth-order valence-electron chi connectivity index (χ4n) is 0.511. The fraction of sp³-hybridized carbons (Fsp3) is 0. The summed E-state index contributed by atoms with van der Waals surface area (Å²) in [6, 6.07) is 0. The van der Waals surface area contributed by atoms with Crippen molar-refractivity contribution in [2.75, 3.05) is 5.73 Å². The summed E-state index contributed by atoms with van der Waals surface area (Å²) in [6.45, 7) is 0. The second kappa shape index (κ2) is 3.35. The Kier molecular flexibility index (Phi) is 2.44. The minimum absolute atomic E-state index is 0.166. The van der Waals surface area contributed by atoms with Gasteiger partial charge >= 0.3 is 0 Å². The first-order valence-electron chi connectivity index (χ1n) is 2.89. The summed E-state index contributed by atoms with van der Waals surface area (Å²) in [5, 5.41) is 6.88. The third-order valence-corrected chi connectivity index (χ3v) is 1.55. The van der Waals surface area contributed by atoms with Crippen LogP contribution in [-0.4, -0.2) is 15.1 Å². The zero-order valence-electron chi connectivity index (χ0n) is 5.91. The number of hydrogen-bond donors (Lipinski definition) is 3. The van der Waals surface area contributed by atoms with E-state index in [1.807, 2.05) is 0 Å². The molecule has 0 amide bonds. The highest BCUT2D eigenvalue weighted by atomic mass is 32.2. The van der Waals surface area contributed by atoms with Gasteiger partial charge in [-0.25, -0.2) is 14.4 Å². The Labute approximate surface area is 71.9 Å². The number of rotatable bonds is 1. The molecule has 0 aliphatic rings. The number of hydrogen-bond acceptors (Lipinski definition) is 5. The number of nitrogens with two attached hydrogens (primary N) is 2. The SMILES string of the molecule is N=C(N)Sc1ncc(F)c(N)n1. The van der Waals surface area contributed by atoms with Crippen molar-refractivity contribution >= 4 is 22.7 Å². The van der Waals surface area contributed by atoms with Crippen molar-refractivity contribution in [1.82, 2.24) is 9.97 Å². The van der Waals surface area contributed by atoms with Crippen LogP contribution in [-0.2, 0) is 0 Å². The predicted octanol–water partition coefficient (Wildman–Crippen LogP) is 0.183. The Hall–Kier alpha value is -1.37. The molecule has 0 saturated carbocycles. The summed E-state index contributed by atoms with van der Waals surface area (Å²) in [5.41, 5.74) is 10.2. The smallest absolute Gasteiger partial charge is 0.197 e. The van der Waals surface area contributed by atoms with Crippen LogP contribution in [0.15, 0.2) is 11.4 Å². The largest absolute Gasteiger partial charge is 0.381 e. The molecule has 0 spiro atoms. The molecule has 0 saturated heterocycles. The molecule has 0 bridgehead atoms. The van der Waals surface area contributed by atoms with Gasteiger partial charge in [0, 0.05) is 0 Å². The van der Waals surface area contributed by atoms with Crippen LogP contribution < -0.4 is 11.5 Å². The summed E-state index contributed by atoms with van der Waals surface area (Å²) in [6.07, 6.45) is 0.938. The maximum absolute atomic E-state index is 12.5. The van der Waals surface area contributed by atoms with E-state index in [2.05, 4.69) is 9.97 Å². The molecule has 1 rings (SSSR count). The summed E-state index contributed by atoms with van der Waals surface area (Å²) in [7, 11) is 0. The predicted molar refractivity (Wildman–Crippen MR) is 44.2 cm³/mol. The van der Waals surface area contributed by atoms with E-state index >= 15 is 0 Å². The van der Waals surface area contributed by atoms with Gasteiger partial charge in [0.25, 0.3) is 0 Å². The van der Waals surface area contributed by atoms with E-state index in [0.717, 1.165) is 18.0 Å². The third kappa shape index (κ3) is 2.06. The summed E-state index contributed by atoms with van der Waals surface area (Å²) in [4.78, 5) is 7.10. The van der Waals surface area contributed by atoms with Crippen molar-refractivity contribution in [2.24, 2.45) is 5.73 Å². The first-order chi connectivity index (χ1) is 5.59. The molecule has 5 nitrogen and oxygen atoms in total. The van der Waals surface area contributed by atoms with Gasteiger partial charge in [-0.05, 0) is 11.8 Å². The third-order valence-electron chi connectivity index (χ3n) is 0.950. The second-order valence-electron chi connectivity index (χ2n) is 1.85. The first kappa shape index (κ1) is 8.72. The van der Waals surface area contributed by atoms with Crippen LogP contribution in [0.4, 0.5) is 10.2 Å². The number of nitrogen functional groups attached to an aromatic ring is 1. The number of nitrogens with zero attached hydrogens (tertiary/aromatic N) is 2. The molecule has 0 aliphatic carbocycles. The molecule has 7 heteroatoms. The molecule has 64 valence electrons. The standard InChI is InChI=1S/C5H6FN5S/c6-2-1-10-5(11-3(2)7)12-4(8)9/h1H,(H3,8,9)(H2,7,10,11). The van der Waals surface area contributed by atoms with Gasteiger partial charge in [0.05, 0.1) is 6.20 Å². The van der Waals surface area contributed by atoms with Crippen molar-refractivity contribution in [2.45, 2.75) is 5.16 Å². The van der Waals surface area contributed by atoms with Gasteiger partial charge in [0.15, 0.2) is 22.0 Å². The minimum atomic E-state index is -0.678. The van der Waals surface area contributed by atoms with Crippen LogP contribution in [0.3, 0.4) is 0 Å². The number of halogens is 1. The summed E-state index contributed by atoms with van der Waals surface area (Å²) >= 11 is 0.814. The summed E-state index contributed by atoms with van der Waals surface area (Å²) < 4.78 is 12.5. The molecule has 5 N–H and O–H groups in total. The zero-order valence-corrected chi connectivity index (χ0v) is 6.73. The summed E-state index contributed by atoms with van der Waals surface area (Å²) in [5.74, 6) is -0.920. The highest BCUT2D eigenvalue weighted by Crippen LogP contribution is 2.13. The lowest BCUT2D eigenvalue weighted by molar-refractivity contribution is 0.612. The van der Waals surface area contributed by atoms with Crippen molar-refractivity contribution in [1.29, 1.82) is 5.41 Å². The minimum Gasteiger partial charge on any atom is -0.381 e. The van der Waals surface area contributed by atoms with Crippen molar-refractivity contribution in [3.05, 3.63) is 12.0 Å². The van der Waals surface area contributed by atoms with Crippen molar-refractivity contribution < 1.29 is 4.39 Å². The molecule has 0 aliphatic heterocycles. The molecule has 0 atom stereocenters. The maximum Gasteiger partial charge on any atom is 0.197 e. The Morgan fingerprint density at radius 1 is 1.67 bits per heavy atom.